The third-order valence-corrected chi connectivity index (χ3v) is 2.94. The Morgan fingerprint density at radius 2 is 1.89 bits per heavy atom. The van der Waals surface area contributed by atoms with Gasteiger partial charge in [-0.1, -0.05) is 44.2 Å². The summed E-state index contributed by atoms with van der Waals surface area (Å²) in [5.41, 5.74) is 1.19. The van der Waals surface area contributed by atoms with E-state index in [4.69, 9.17) is 0 Å². The normalized spacial score (nSPS) is 21.4. The zero-order valence-corrected chi connectivity index (χ0v) is 11.1. The summed E-state index contributed by atoms with van der Waals surface area (Å²) in [6.07, 6.45) is 2.33. The Balaban J connectivity index is 2.13. The lowest BCUT2D eigenvalue weighted by Gasteiger charge is -2.26. The number of carbonyl (C=O) groups is 2. The van der Waals surface area contributed by atoms with Crippen molar-refractivity contribution in [2.24, 2.45) is 5.92 Å². The predicted molar refractivity (Wildman–Crippen MR) is 73.9 cm³/mol. The number of hydrogen-bond acceptors (Lipinski definition) is 2. The molecule has 0 aliphatic carbocycles. The second-order valence-electron chi connectivity index (χ2n) is 5.11. The molecule has 0 aromatic heterocycles. The van der Waals surface area contributed by atoms with E-state index in [1.54, 1.807) is 6.08 Å². The van der Waals surface area contributed by atoms with Crippen molar-refractivity contribution in [1.29, 1.82) is 0 Å². The zero-order chi connectivity index (χ0) is 13.8. The summed E-state index contributed by atoms with van der Waals surface area (Å²) in [7, 11) is 0. The molecule has 0 bridgehead atoms. The maximum absolute atomic E-state index is 11.9. The molecule has 0 spiro atoms. The molecular formula is C15H18N2O2. The number of rotatable bonds is 3. The Labute approximate surface area is 112 Å². The highest BCUT2D eigenvalue weighted by Crippen LogP contribution is 2.12. The molecule has 0 saturated carbocycles. The number of piperazine rings is 1. The zero-order valence-electron chi connectivity index (χ0n) is 11.1. The largest absolute Gasteiger partial charge is 0.339 e. The highest BCUT2D eigenvalue weighted by atomic mass is 16.2. The van der Waals surface area contributed by atoms with Gasteiger partial charge in [0.15, 0.2) is 0 Å². The number of benzene rings is 1. The third kappa shape index (κ3) is 3.44. The highest BCUT2D eigenvalue weighted by Gasteiger charge is 2.29. The minimum absolute atomic E-state index is 0.143. The van der Waals surface area contributed by atoms with E-state index in [9.17, 15) is 9.59 Å². The smallest absolute Gasteiger partial charge is 0.268 e. The van der Waals surface area contributed by atoms with Gasteiger partial charge in [0.2, 0.25) is 5.91 Å². The molecule has 2 rings (SSSR count). The summed E-state index contributed by atoms with van der Waals surface area (Å²) in [6.45, 7) is 4.05. The molecule has 1 heterocycles. The van der Waals surface area contributed by atoms with Gasteiger partial charge >= 0.3 is 0 Å². The van der Waals surface area contributed by atoms with Gasteiger partial charge in [0.05, 0.1) is 0 Å². The van der Waals surface area contributed by atoms with Gasteiger partial charge in [-0.05, 0) is 24.0 Å². The van der Waals surface area contributed by atoms with Gasteiger partial charge in [-0.3, -0.25) is 9.59 Å². The van der Waals surface area contributed by atoms with Crippen molar-refractivity contribution < 1.29 is 9.59 Å². The first kappa shape index (κ1) is 13.3. The Morgan fingerprint density at radius 1 is 1.21 bits per heavy atom. The minimum Gasteiger partial charge on any atom is -0.339 e. The topological polar surface area (TPSA) is 58.2 Å². The van der Waals surface area contributed by atoms with Crippen molar-refractivity contribution in [3.8, 4) is 0 Å². The number of amides is 2. The molecule has 0 unspecified atom stereocenters. The molecule has 0 radical (unpaired) electrons. The van der Waals surface area contributed by atoms with E-state index in [2.05, 4.69) is 10.6 Å². The van der Waals surface area contributed by atoms with E-state index >= 15 is 0 Å². The van der Waals surface area contributed by atoms with Crippen molar-refractivity contribution in [2.45, 2.75) is 26.3 Å². The van der Waals surface area contributed by atoms with E-state index in [0.29, 0.717) is 18.0 Å². The van der Waals surface area contributed by atoms with E-state index < -0.39 is 6.04 Å². The van der Waals surface area contributed by atoms with Gasteiger partial charge in [-0.15, -0.1) is 0 Å². The average molecular weight is 258 g/mol. The van der Waals surface area contributed by atoms with E-state index in [-0.39, 0.29) is 11.8 Å². The van der Waals surface area contributed by atoms with Gasteiger partial charge in [-0.25, -0.2) is 0 Å². The van der Waals surface area contributed by atoms with Crippen molar-refractivity contribution in [3.05, 3.63) is 41.6 Å². The lowest BCUT2D eigenvalue weighted by Crippen LogP contribution is -2.55. The van der Waals surface area contributed by atoms with Crippen LogP contribution in [0, 0.1) is 5.92 Å². The molecule has 19 heavy (non-hydrogen) atoms. The summed E-state index contributed by atoms with van der Waals surface area (Å²) in [4.78, 5) is 23.9. The number of carbonyl (C=O) groups excluding carboxylic acids is 2. The van der Waals surface area contributed by atoms with Crippen molar-refractivity contribution in [3.63, 3.8) is 0 Å². The van der Waals surface area contributed by atoms with Crippen LogP contribution in [0.2, 0.25) is 0 Å². The van der Waals surface area contributed by atoms with E-state index in [1.165, 1.54) is 0 Å². The monoisotopic (exact) mass is 258 g/mol. The van der Waals surface area contributed by atoms with Crippen LogP contribution in [-0.2, 0) is 9.59 Å². The summed E-state index contributed by atoms with van der Waals surface area (Å²) >= 11 is 0. The fourth-order valence-electron chi connectivity index (χ4n) is 2.03. The lowest BCUT2D eigenvalue weighted by atomic mass is 10.0. The molecule has 1 atom stereocenters. The average Bonchev–Trinajstić information content (AvgIpc) is 2.36. The molecule has 100 valence electrons. The van der Waals surface area contributed by atoms with Crippen LogP contribution in [0.5, 0.6) is 0 Å². The molecule has 1 aromatic rings. The first-order valence-electron chi connectivity index (χ1n) is 6.44. The van der Waals surface area contributed by atoms with Crippen LogP contribution >= 0.6 is 0 Å². The Kier molecular flexibility index (Phi) is 4.00. The second kappa shape index (κ2) is 5.69. The molecule has 4 heteroatoms. The maximum Gasteiger partial charge on any atom is 0.268 e. The standard InChI is InChI=1S/C15H18N2O2/c1-10(2)8-12-14(18)17-13(15(19)16-12)9-11-6-4-3-5-7-11/h3-7,9-10,12H,8H2,1-2H3,(H,16,19)(H,17,18)/b13-9+/t12-/m0/s1. The van der Waals surface area contributed by atoms with Crippen LogP contribution < -0.4 is 10.6 Å². The summed E-state index contributed by atoms with van der Waals surface area (Å²) in [5, 5.41) is 5.43. The minimum atomic E-state index is -0.430. The van der Waals surface area contributed by atoms with Crippen LogP contribution in [-0.4, -0.2) is 17.9 Å². The van der Waals surface area contributed by atoms with Crippen LogP contribution in [0.25, 0.3) is 6.08 Å². The van der Waals surface area contributed by atoms with Gasteiger partial charge in [0.1, 0.15) is 11.7 Å². The first-order chi connectivity index (χ1) is 9.06. The van der Waals surface area contributed by atoms with Crippen LogP contribution in [0.4, 0.5) is 0 Å². The summed E-state index contributed by atoms with van der Waals surface area (Å²) in [6, 6.07) is 9.01. The molecule has 1 aliphatic rings. The van der Waals surface area contributed by atoms with Gasteiger partial charge < -0.3 is 10.6 Å². The van der Waals surface area contributed by atoms with Gasteiger partial charge in [-0.2, -0.15) is 0 Å². The van der Waals surface area contributed by atoms with Crippen LogP contribution in [0.1, 0.15) is 25.8 Å². The quantitative estimate of drug-likeness (QED) is 0.811. The Morgan fingerprint density at radius 3 is 2.53 bits per heavy atom. The fourth-order valence-corrected chi connectivity index (χ4v) is 2.03. The summed E-state index contributed by atoms with van der Waals surface area (Å²) in [5.74, 6) is -0.0136. The molecule has 2 amide bonds. The van der Waals surface area contributed by atoms with Crippen LogP contribution in [0.15, 0.2) is 36.0 Å². The van der Waals surface area contributed by atoms with Crippen molar-refractivity contribution >= 4 is 17.9 Å². The number of nitrogens with one attached hydrogen (secondary N) is 2. The van der Waals surface area contributed by atoms with E-state index in [0.717, 1.165) is 5.56 Å². The maximum atomic E-state index is 11.9. The molecule has 1 saturated heterocycles. The fraction of sp³-hybridized carbons (Fsp3) is 0.333. The number of hydrogen-bond donors (Lipinski definition) is 2. The third-order valence-electron chi connectivity index (χ3n) is 2.94. The Bertz CT molecular complexity index is 506. The molecule has 2 N–H and O–H groups in total. The molecular weight excluding hydrogens is 240 g/mol. The SMILES string of the molecule is CC(C)C[C@@H]1NC(=O)/C(=C\c2ccccc2)NC1=O. The lowest BCUT2D eigenvalue weighted by molar-refractivity contribution is -0.131. The molecule has 1 fully saturated rings. The first-order valence-corrected chi connectivity index (χ1v) is 6.44. The van der Waals surface area contributed by atoms with Gasteiger partial charge in [0, 0.05) is 0 Å². The molecule has 1 aliphatic heterocycles. The summed E-state index contributed by atoms with van der Waals surface area (Å²) < 4.78 is 0. The highest BCUT2D eigenvalue weighted by molar-refractivity contribution is 6.07. The Hall–Kier alpha value is -2.10. The second-order valence-corrected chi connectivity index (χ2v) is 5.11. The van der Waals surface area contributed by atoms with Crippen molar-refractivity contribution in [1.82, 2.24) is 10.6 Å². The van der Waals surface area contributed by atoms with E-state index in [1.807, 2.05) is 44.2 Å². The van der Waals surface area contributed by atoms with Crippen LogP contribution in [0.3, 0.4) is 0 Å². The van der Waals surface area contributed by atoms with Gasteiger partial charge in [0.25, 0.3) is 5.91 Å². The predicted octanol–water partition coefficient (Wildman–Crippen LogP) is 1.69. The molecule has 1 aromatic carbocycles. The molecule has 4 nitrogen and oxygen atoms in total. The van der Waals surface area contributed by atoms with Crippen molar-refractivity contribution in [2.75, 3.05) is 0 Å².